The first kappa shape index (κ1) is 10.5. The van der Waals surface area contributed by atoms with E-state index in [9.17, 15) is 0 Å². The summed E-state index contributed by atoms with van der Waals surface area (Å²) in [5.74, 6) is 0. The van der Waals surface area contributed by atoms with Crippen LogP contribution in [0.2, 0.25) is 0 Å². The van der Waals surface area contributed by atoms with Gasteiger partial charge in [0.15, 0.2) is 5.69 Å². The Hall–Kier alpha value is -1.62. The lowest BCUT2D eigenvalue weighted by Crippen LogP contribution is -1.99. The number of aliphatic imine (C=N–C) groups is 1. The highest BCUT2D eigenvalue weighted by Crippen LogP contribution is 2.13. The zero-order chi connectivity index (χ0) is 10.6. The Bertz CT molecular complexity index is 366. The van der Waals surface area contributed by atoms with Crippen LogP contribution < -0.4 is 0 Å². The van der Waals surface area contributed by atoms with Gasteiger partial charge in [-0.25, -0.2) is 4.85 Å². The van der Waals surface area contributed by atoms with E-state index >= 15 is 0 Å². The van der Waals surface area contributed by atoms with E-state index in [1.54, 1.807) is 0 Å². The van der Waals surface area contributed by atoms with Crippen LogP contribution in [-0.2, 0) is 0 Å². The molecule has 0 atom stereocenters. The summed E-state index contributed by atoms with van der Waals surface area (Å²) in [4.78, 5) is 7.78. The Morgan fingerprint density at radius 2 is 1.86 bits per heavy atom. The molecule has 0 unspecified atom stereocenters. The van der Waals surface area contributed by atoms with Crippen LogP contribution in [0.1, 0.15) is 26.3 Å². The Kier molecular flexibility index (Phi) is 3.41. The fourth-order valence-corrected chi connectivity index (χ4v) is 1.24. The standard InChI is InChI=1S/C12H14N2/c1-9(2)14-10(3)11-5-7-12(13-4)8-6-11/h5-9H,1-3H3/b14-10+. The van der Waals surface area contributed by atoms with Gasteiger partial charge in [0.25, 0.3) is 0 Å². The largest absolute Gasteiger partial charge is 0.287 e. The molecular weight excluding hydrogens is 172 g/mol. The van der Waals surface area contributed by atoms with Crippen molar-refractivity contribution in [2.45, 2.75) is 26.8 Å². The summed E-state index contributed by atoms with van der Waals surface area (Å²) in [6.45, 7) is 12.9. The lowest BCUT2D eigenvalue weighted by Gasteiger charge is -2.03. The molecule has 0 saturated carbocycles. The van der Waals surface area contributed by atoms with E-state index in [0.29, 0.717) is 11.7 Å². The van der Waals surface area contributed by atoms with Crippen LogP contribution in [0.15, 0.2) is 29.3 Å². The molecule has 0 bridgehead atoms. The molecule has 0 N–H and O–H groups in total. The van der Waals surface area contributed by atoms with Crippen molar-refractivity contribution in [3.8, 4) is 0 Å². The van der Waals surface area contributed by atoms with Crippen LogP contribution in [0.3, 0.4) is 0 Å². The fraction of sp³-hybridized carbons (Fsp3) is 0.333. The second-order valence-corrected chi connectivity index (χ2v) is 3.47. The topological polar surface area (TPSA) is 16.7 Å². The lowest BCUT2D eigenvalue weighted by molar-refractivity contribution is 0.835. The first-order valence-electron chi connectivity index (χ1n) is 4.66. The van der Waals surface area contributed by atoms with Crippen LogP contribution in [-0.4, -0.2) is 11.8 Å². The Balaban J connectivity index is 2.93. The maximum Gasteiger partial charge on any atom is 0.187 e. The summed E-state index contributed by atoms with van der Waals surface area (Å²) in [7, 11) is 0. The van der Waals surface area contributed by atoms with E-state index in [4.69, 9.17) is 6.57 Å². The quantitative estimate of drug-likeness (QED) is 0.497. The van der Waals surface area contributed by atoms with Gasteiger partial charge in [-0.3, -0.25) is 4.99 Å². The van der Waals surface area contributed by atoms with E-state index in [-0.39, 0.29) is 0 Å². The molecule has 1 rings (SSSR count). The number of rotatable bonds is 2. The molecule has 14 heavy (non-hydrogen) atoms. The van der Waals surface area contributed by atoms with Crippen molar-refractivity contribution >= 4 is 11.4 Å². The van der Waals surface area contributed by atoms with Crippen LogP contribution in [0, 0.1) is 6.57 Å². The van der Waals surface area contributed by atoms with Gasteiger partial charge in [0, 0.05) is 11.8 Å². The Morgan fingerprint density at radius 3 is 2.29 bits per heavy atom. The SMILES string of the molecule is [C-]#[N+]c1ccc(/C(C)=N/C(C)C)cc1. The third kappa shape index (κ3) is 2.70. The summed E-state index contributed by atoms with van der Waals surface area (Å²) >= 11 is 0. The van der Waals surface area contributed by atoms with Crippen molar-refractivity contribution in [2.24, 2.45) is 4.99 Å². The second-order valence-electron chi connectivity index (χ2n) is 3.47. The van der Waals surface area contributed by atoms with Gasteiger partial charge in [-0.1, -0.05) is 24.3 Å². The molecule has 1 aromatic carbocycles. The zero-order valence-corrected chi connectivity index (χ0v) is 8.78. The van der Waals surface area contributed by atoms with Crippen LogP contribution in [0.4, 0.5) is 5.69 Å². The highest BCUT2D eigenvalue weighted by Gasteiger charge is 1.98. The third-order valence-electron chi connectivity index (χ3n) is 1.87. The molecule has 1 aromatic rings. The average molecular weight is 186 g/mol. The molecule has 2 nitrogen and oxygen atoms in total. The minimum absolute atomic E-state index is 0.315. The van der Waals surface area contributed by atoms with Crippen LogP contribution in [0.25, 0.3) is 4.85 Å². The third-order valence-corrected chi connectivity index (χ3v) is 1.87. The predicted octanol–water partition coefficient (Wildman–Crippen LogP) is 3.45. The van der Waals surface area contributed by atoms with Crippen LogP contribution >= 0.6 is 0 Å². The fourth-order valence-electron chi connectivity index (χ4n) is 1.24. The van der Waals surface area contributed by atoms with E-state index in [0.717, 1.165) is 11.3 Å². The molecule has 72 valence electrons. The van der Waals surface area contributed by atoms with E-state index in [2.05, 4.69) is 23.7 Å². The summed E-state index contributed by atoms with van der Waals surface area (Å²) in [5, 5.41) is 0. The maximum atomic E-state index is 6.83. The Labute approximate surface area is 85.1 Å². The first-order chi connectivity index (χ1) is 6.63. The molecule has 0 aromatic heterocycles. The molecule has 0 heterocycles. The number of hydrogen-bond acceptors (Lipinski definition) is 1. The van der Waals surface area contributed by atoms with Gasteiger partial charge in [-0.15, -0.1) is 0 Å². The zero-order valence-electron chi connectivity index (χ0n) is 8.78. The van der Waals surface area contributed by atoms with Gasteiger partial charge in [-0.05, 0) is 26.3 Å². The van der Waals surface area contributed by atoms with E-state index in [1.165, 1.54) is 0 Å². The Morgan fingerprint density at radius 1 is 1.29 bits per heavy atom. The molecule has 0 amide bonds. The molecule has 2 heteroatoms. The lowest BCUT2D eigenvalue weighted by atomic mass is 10.1. The van der Waals surface area contributed by atoms with Gasteiger partial charge in [0.2, 0.25) is 0 Å². The number of benzene rings is 1. The van der Waals surface area contributed by atoms with Crippen molar-refractivity contribution < 1.29 is 0 Å². The monoisotopic (exact) mass is 186 g/mol. The smallest absolute Gasteiger partial charge is 0.187 e. The minimum Gasteiger partial charge on any atom is -0.287 e. The summed E-state index contributed by atoms with van der Waals surface area (Å²) in [6, 6.07) is 7.84. The highest BCUT2D eigenvalue weighted by molar-refractivity contribution is 5.99. The summed E-state index contributed by atoms with van der Waals surface area (Å²) in [6.07, 6.45) is 0. The molecule has 0 fully saturated rings. The first-order valence-corrected chi connectivity index (χ1v) is 4.66. The van der Waals surface area contributed by atoms with Crippen molar-refractivity contribution in [3.63, 3.8) is 0 Å². The number of hydrogen-bond donors (Lipinski definition) is 0. The molecular formula is C12H14N2. The molecule has 0 aliphatic heterocycles. The van der Waals surface area contributed by atoms with Crippen molar-refractivity contribution in [1.29, 1.82) is 0 Å². The van der Waals surface area contributed by atoms with Crippen LogP contribution in [0.5, 0.6) is 0 Å². The minimum atomic E-state index is 0.315. The van der Waals surface area contributed by atoms with Crippen molar-refractivity contribution in [2.75, 3.05) is 0 Å². The van der Waals surface area contributed by atoms with Gasteiger partial charge >= 0.3 is 0 Å². The van der Waals surface area contributed by atoms with Crippen molar-refractivity contribution in [1.82, 2.24) is 0 Å². The van der Waals surface area contributed by atoms with Gasteiger partial charge in [0.05, 0.1) is 6.57 Å². The van der Waals surface area contributed by atoms with Gasteiger partial charge in [0.1, 0.15) is 0 Å². The molecule has 0 spiro atoms. The van der Waals surface area contributed by atoms with Gasteiger partial charge in [-0.2, -0.15) is 0 Å². The van der Waals surface area contributed by atoms with Gasteiger partial charge < -0.3 is 0 Å². The highest BCUT2D eigenvalue weighted by atomic mass is 14.8. The van der Waals surface area contributed by atoms with E-state index < -0.39 is 0 Å². The molecule has 0 radical (unpaired) electrons. The normalized spacial score (nSPS) is 11.5. The van der Waals surface area contributed by atoms with E-state index in [1.807, 2.05) is 31.2 Å². The molecule has 0 saturated heterocycles. The summed E-state index contributed by atoms with van der Waals surface area (Å²) in [5.41, 5.74) is 2.79. The molecule has 0 aliphatic rings. The maximum absolute atomic E-state index is 6.83. The summed E-state index contributed by atoms with van der Waals surface area (Å²) < 4.78 is 0. The number of nitrogens with zero attached hydrogens (tertiary/aromatic N) is 2. The predicted molar refractivity (Wildman–Crippen MR) is 60.1 cm³/mol. The molecule has 0 aliphatic carbocycles. The van der Waals surface area contributed by atoms with Crippen molar-refractivity contribution in [3.05, 3.63) is 41.2 Å². The second kappa shape index (κ2) is 4.57. The average Bonchev–Trinajstić information content (AvgIpc) is 2.17.